The Morgan fingerprint density at radius 2 is 2.06 bits per heavy atom. The molecule has 1 aromatic heterocycles. The quantitative estimate of drug-likeness (QED) is 0.604. The fourth-order valence-corrected chi connectivity index (χ4v) is 2.31. The molecule has 0 atom stereocenters. The first-order chi connectivity index (χ1) is 8.29. The third kappa shape index (κ3) is 2.59. The lowest BCUT2D eigenvalue weighted by Crippen LogP contribution is -2.28. The summed E-state index contributed by atoms with van der Waals surface area (Å²) in [4.78, 5) is 20.1. The standard InChI is InChI=1S/C11H11ClIN4O/c1-11(2,3)9(18)17-10-15-7(12)6-5(13)4-14-8(6)16-10/h4H,1-3H3,(H,15,16,17,18). The zero-order valence-electron chi connectivity index (χ0n) is 10.1. The van der Waals surface area contributed by atoms with Gasteiger partial charge in [-0.3, -0.25) is 10.1 Å². The highest BCUT2D eigenvalue weighted by molar-refractivity contribution is 14.1. The van der Waals surface area contributed by atoms with E-state index >= 15 is 0 Å². The molecule has 0 bridgehead atoms. The predicted octanol–water partition coefficient (Wildman–Crippen LogP) is 3.10. The maximum atomic E-state index is 11.8. The van der Waals surface area contributed by atoms with Gasteiger partial charge in [0.2, 0.25) is 11.9 Å². The number of nitrogens with one attached hydrogen (secondary N) is 1. The summed E-state index contributed by atoms with van der Waals surface area (Å²) in [5.74, 6) is 0.504. The van der Waals surface area contributed by atoms with Crippen LogP contribution in [0.25, 0.3) is 3.58 Å². The van der Waals surface area contributed by atoms with E-state index in [1.807, 2.05) is 20.8 Å². The molecule has 1 radical (unpaired) electrons. The van der Waals surface area contributed by atoms with Crippen LogP contribution in [0, 0.1) is 5.41 Å². The van der Waals surface area contributed by atoms with Crippen molar-refractivity contribution in [2.24, 2.45) is 5.41 Å². The fraction of sp³-hybridized carbons (Fsp3) is 0.364. The molecule has 0 spiro atoms. The molecule has 7 heteroatoms. The molecule has 1 aliphatic rings. The van der Waals surface area contributed by atoms with E-state index in [4.69, 9.17) is 11.6 Å². The van der Waals surface area contributed by atoms with Crippen LogP contribution in [0.2, 0.25) is 5.15 Å². The van der Waals surface area contributed by atoms with Crippen LogP contribution in [0.3, 0.4) is 0 Å². The normalized spacial score (nSPS) is 13.7. The van der Waals surface area contributed by atoms with E-state index in [0.29, 0.717) is 16.5 Å². The molecule has 95 valence electrons. The van der Waals surface area contributed by atoms with Gasteiger partial charge in [-0.25, -0.2) is 5.32 Å². The van der Waals surface area contributed by atoms with Crippen molar-refractivity contribution in [3.05, 3.63) is 16.9 Å². The average molecular weight is 378 g/mol. The number of hydrogen-bond acceptors (Lipinski definition) is 3. The van der Waals surface area contributed by atoms with Gasteiger partial charge in [-0.05, 0) is 22.6 Å². The summed E-state index contributed by atoms with van der Waals surface area (Å²) in [7, 11) is 0. The number of hydrogen-bond donors (Lipinski definition) is 1. The number of anilines is 1. The van der Waals surface area contributed by atoms with E-state index in [0.717, 1.165) is 3.58 Å². The number of fused-ring (bicyclic) bond motifs is 1. The Labute approximate surface area is 124 Å². The molecule has 1 aromatic rings. The number of amides is 1. The van der Waals surface area contributed by atoms with Gasteiger partial charge in [-0.15, -0.1) is 0 Å². The SMILES string of the molecule is CC(C)(C)C(=O)Nc1nc(Cl)c2c(n1)[N]C=C2I. The number of halogens is 2. The van der Waals surface area contributed by atoms with Crippen LogP contribution >= 0.6 is 34.2 Å². The minimum atomic E-state index is -0.515. The second kappa shape index (κ2) is 4.65. The fourth-order valence-electron chi connectivity index (χ4n) is 1.25. The average Bonchev–Trinajstić information content (AvgIpc) is 2.59. The molecule has 1 N–H and O–H groups in total. The van der Waals surface area contributed by atoms with Crippen molar-refractivity contribution in [2.45, 2.75) is 20.8 Å². The summed E-state index contributed by atoms with van der Waals surface area (Å²) in [6, 6.07) is 0. The Hall–Kier alpha value is -0.890. The van der Waals surface area contributed by atoms with Crippen LogP contribution in [0.1, 0.15) is 26.3 Å². The van der Waals surface area contributed by atoms with Crippen molar-refractivity contribution in [2.75, 3.05) is 5.32 Å². The molecule has 2 heterocycles. The molecule has 0 unspecified atom stereocenters. The topological polar surface area (TPSA) is 69.0 Å². The Bertz CT molecular complexity index is 551. The minimum Gasteiger partial charge on any atom is -0.294 e. The van der Waals surface area contributed by atoms with Crippen LogP contribution in [-0.2, 0) is 4.79 Å². The molecule has 0 saturated carbocycles. The lowest BCUT2D eigenvalue weighted by molar-refractivity contribution is -0.123. The van der Waals surface area contributed by atoms with Crippen LogP contribution in [0.5, 0.6) is 0 Å². The summed E-state index contributed by atoms with van der Waals surface area (Å²) in [5, 5.41) is 7.05. The van der Waals surface area contributed by atoms with Gasteiger partial charge in [-0.1, -0.05) is 32.4 Å². The molecule has 18 heavy (non-hydrogen) atoms. The monoisotopic (exact) mass is 377 g/mol. The number of carbonyl (C=O) groups is 1. The van der Waals surface area contributed by atoms with E-state index in [9.17, 15) is 4.79 Å². The molecule has 1 amide bonds. The van der Waals surface area contributed by atoms with E-state index in [-0.39, 0.29) is 11.9 Å². The Morgan fingerprint density at radius 1 is 1.39 bits per heavy atom. The zero-order chi connectivity index (χ0) is 13.5. The third-order valence-electron chi connectivity index (χ3n) is 2.29. The van der Waals surface area contributed by atoms with Gasteiger partial charge in [-0.2, -0.15) is 9.97 Å². The highest BCUT2D eigenvalue weighted by Gasteiger charge is 2.25. The first-order valence-corrected chi connectivity index (χ1v) is 6.70. The number of aromatic nitrogens is 2. The lowest BCUT2D eigenvalue weighted by Gasteiger charge is -2.17. The lowest BCUT2D eigenvalue weighted by atomic mass is 9.96. The predicted molar refractivity (Wildman–Crippen MR) is 78.9 cm³/mol. The van der Waals surface area contributed by atoms with E-state index in [1.54, 1.807) is 6.20 Å². The minimum absolute atomic E-state index is 0.167. The number of rotatable bonds is 1. The molecule has 5 nitrogen and oxygen atoms in total. The molecule has 1 aliphatic heterocycles. The zero-order valence-corrected chi connectivity index (χ0v) is 13.0. The van der Waals surface area contributed by atoms with Gasteiger partial charge in [0.15, 0.2) is 5.82 Å². The molecular weight excluding hydrogens is 367 g/mol. The Kier molecular flexibility index (Phi) is 3.50. The van der Waals surface area contributed by atoms with Crippen molar-refractivity contribution in [1.82, 2.24) is 15.3 Å². The number of nitrogens with zero attached hydrogens (tertiary/aromatic N) is 3. The van der Waals surface area contributed by atoms with Crippen molar-refractivity contribution in [1.29, 1.82) is 0 Å². The maximum Gasteiger partial charge on any atom is 0.232 e. The molecule has 2 rings (SSSR count). The van der Waals surface area contributed by atoms with E-state index in [1.165, 1.54) is 0 Å². The van der Waals surface area contributed by atoms with Crippen LogP contribution in [-0.4, -0.2) is 15.9 Å². The van der Waals surface area contributed by atoms with Gasteiger partial charge in [0, 0.05) is 15.2 Å². The Morgan fingerprint density at radius 3 is 2.67 bits per heavy atom. The van der Waals surface area contributed by atoms with Crippen molar-refractivity contribution >= 4 is 55.4 Å². The van der Waals surface area contributed by atoms with E-state index < -0.39 is 5.41 Å². The maximum absolute atomic E-state index is 11.8. The highest BCUT2D eigenvalue weighted by atomic mass is 127. The second-order valence-electron chi connectivity index (χ2n) is 4.85. The van der Waals surface area contributed by atoms with Gasteiger partial charge in [0.05, 0.1) is 5.56 Å². The first kappa shape index (κ1) is 13.5. The summed E-state index contributed by atoms with van der Waals surface area (Å²) >= 11 is 8.17. The molecule has 0 fully saturated rings. The van der Waals surface area contributed by atoms with Gasteiger partial charge >= 0.3 is 0 Å². The Balaban J connectivity index is 2.29. The smallest absolute Gasteiger partial charge is 0.232 e. The van der Waals surface area contributed by atoms with Gasteiger partial charge in [0.1, 0.15) is 5.15 Å². The van der Waals surface area contributed by atoms with Crippen molar-refractivity contribution in [3.8, 4) is 0 Å². The largest absolute Gasteiger partial charge is 0.294 e. The molecular formula is C11H11ClIN4O. The van der Waals surface area contributed by atoms with Crippen LogP contribution < -0.4 is 10.6 Å². The molecule has 0 aromatic carbocycles. The highest BCUT2D eigenvalue weighted by Crippen LogP contribution is 2.38. The summed E-state index contributed by atoms with van der Waals surface area (Å²) in [5.41, 5.74) is 0.199. The van der Waals surface area contributed by atoms with Gasteiger partial charge in [0.25, 0.3) is 0 Å². The summed E-state index contributed by atoms with van der Waals surface area (Å²) in [6.45, 7) is 5.44. The van der Waals surface area contributed by atoms with Crippen LogP contribution in [0.4, 0.5) is 11.8 Å². The summed E-state index contributed by atoms with van der Waals surface area (Å²) in [6.07, 6.45) is 1.67. The van der Waals surface area contributed by atoms with Crippen molar-refractivity contribution < 1.29 is 4.79 Å². The molecule has 0 saturated heterocycles. The summed E-state index contributed by atoms with van der Waals surface area (Å²) < 4.78 is 0.890. The third-order valence-corrected chi connectivity index (χ3v) is 3.38. The van der Waals surface area contributed by atoms with Gasteiger partial charge < -0.3 is 0 Å². The van der Waals surface area contributed by atoms with E-state index in [2.05, 4.69) is 43.2 Å². The number of carbonyl (C=O) groups excluding carboxylic acids is 1. The molecule has 0 aliphatic carbocycles. The second-order valence-corrected chi connectivity index (χ2v) is 6.37. The van der Waals surface area contributed by atoms with Crippen LogP contribution in [0.15, 0.2) is 6.20 Å². The van der Waals surface area contributed by atoms with Crippen molar-refractivity contribution in [3.63, 3.8) is 0 Å². The first-order valence-electron chi connectivity index (χ1n) is 5.25.